The average Bonchev–Trinajstić information content (AvgIpc) is 2.55. The van der Waals surface area contributed by atoms with E-state index in [9.17, 15) is 8.42 Å². The van der Waals surface area contributed by atoms with Crippen molar-refractivity contribution in [2.24, 2.45) is 5.10 Å². The second-order valence-corrected chi connectivity index (χ2v) is 6.69. The molecule has 0 atom stereocenters. The first-order valence-electron chi connectivity index (χ1n) is 6.57. The minimum absolute atomic E-state index is 0.0728. The number of hydrogen-bond acceptors (Lipinski definition) is 5. The normalized spacial score (nSPS) is 11.9. The van der Waals surface area contributed by atoms with Gasteiger partial charge < -0.3 is 0 Å². The zero-order chi connectivity index (χ0) is 16.3. The van der Waals surface area contributed by atoms with Crippen LogP contribution in [0.5, 0.6) is 0 Å². The molecule has 0 spiro atoms. The average molecular weight is 347 g/mol. The number of halogens is 1. The van der Waals surface area contributed by atoms with E-state index in [0.717, 1.165) is 5.52 Å². The van der Waals surface area contributed by atoms with Gasteiger partial charge in [0.2, 0.25) is 0 Å². The molecule has 0 amide bonds. The Labute approximate surface area is 137 Å². The highest BCUT2D eigenvalue weighted by Gasteiger charge is 2.11. The molecule has 0 aliphatic heterocycles. The molecule has 1 N–H and O–H groups in total. The maximum absolute atomic E-state index is 12.0. The molecule has 0 saturated heterocycles. The van der Waals surface area contributed by atoms with E-state index < -0.39 is 10.0 Å². The van der Waals surface area contributed by atoms with Gasteiger partial charge in [-0.15, -0.1) is 0 Å². The molecule has 1 heterocycles. The van der Waals surface area contributed by atoms with Crippen LogP contribution in [0.15, 0.2) is 64.7 Å². The summed E-state index contributed by atoms with van der Waals surface area (Å²) in [6, 6.07) is 13.2. The van der Waals surface area contributed by atoms with E-state index in [1.807, 2.05) is 24.3 Å². The molecule has 23 heavy (non-hydrogen) atoms. The Morgan fingerprint density at radius 2 is 1.74 bits per heavy atom. The zero-order valence-corrected chi connectivity index (χ0v) is 13.3. The van der Waals surface area contributed by atoms with Crippen molar-refractivity contribution in [1.29, 1.82) is 0 Å². The Kier molecular flexibility index (Phi) is 4.22. The van der Waals surface area contributed by atoms with Gasteiger partial charge in [0.25, 0.3) is 10.0 Å². The van der Waals surface area contributed by atoms with Crippen LogP contribution in [0, 0.1) is 0 Å². The van der Waals surface area contributed by atoms with Crippen molar-refractivity contribution in [3.8, 4) is 0 Å². The largest absolute Gasteiger partial charge is 0.276 e. The topological polar surface area (TPSA) is 84.3 Å². The van der Waals surface area contributed by atoms with Gasteiger partial charge in [0, 0.05) is 5.02 Å². The zero-order valence-electron chi connectivity index (χ0n) is 11.7. The lowest BCUT2D eigenvalue weighted by Crippen LogP contribution is -2.18. The van der Waals surface area contributed by atoms with Gasteiger partial charge >= 0.3 is 0 Å². The Morgan fingerprint density at radius 1 is 1.04 bits per heavy atom. The summed E-state index contributed by atoms with van der Waals surface area (Å²) < 4.78 is 24.1. The van der Waals surface area contributed by atoms with Gasteiger partial charge in [-0.25, -0.2) is 9.82 Å². The standard InChI is InChI=1S/C15H11ClN4O2S/c16-11-5-7-13(8-6-11)23(21,22)20-18-10-12-9-17-14-3-1-2-4-15(14)19-12/h1-10,20H/b18-10+. The summed E-state index contributed by atoms with van der Waals surface area (Å²) in [5.41, 5.74) is 1.91. The van der Waals surface area contributed by atoms with Crippen molar-refractivity contribution < 1.29 is 8.42 Å². The Bertz CT molecular complexity index is 972. The summed E-state index contributed by atoms with van der Waals surface area (Å²) in [5.74, 6) is 0. The summed E-state index contributed by atoms with van der Waals surface area (Å²) in [6.07, 6.45) is 2.81. The van der Waals surface area contributed by atoms with Gasteiger partial charge in [0.1, 0.15) is 5.69 Å². The van der Waals surface area contributed by atoms with E-state index >= 15 is 0 Å². The molecule has 0 fully saturated rings. The summed E-state index contributed by atoms with van der Waals surface area (Å²) in [6.45, 7) is 0. The number of nitrogens with zero attached hydrogens (tertiary/aromatic N) is 3. The molecule has 0 unspecified atom stereocenters. The molecule has 0 aliphatic carbocycles. The van der Waals surface area contributed by atoms with Crippen molar-refractivity contribution >= 4 is 38.9 Å². The van der Waals surface area contributed by atoms with Crippen LogP contribution in [0.4, 0.5) is 0 Å². The van der Waals surface area contributed by atoms with Gasteiger partial charge in [0.05, 0.1) is 28.3 Å². The predicted molar refractivity (Wildman–Crippen MR) is 88.9 cm³/mol. The van der Waals surface area contributed by atoms with Crippen LogP contribution in [0.1, 0.15) is 5.69 Å². The van der Waals surface area contributed by atoms with Crippen molar-refractivity contribution in [3.63, 3.8) is 0 Å². The number of benzene rings is 2. The third kappa shape index (κ3) is 3.64. The minimum atomic E-state index is -3.74. The van der Waals surface area contributed by atoms with Gasteiger partial charge in [0.15, 0.2) is 0 Å². The van der Waals surface area contributed by atoms with Crippen molar-refractivity contribution in [2.45, 2.75) is 4.90 Å². The minimum Gasteiger partial charge on any atom is -0.252 e. The fraction of sp³-hybridized carbons (Fsp3) is 0. The fourth-order valence-electron chi connectivity index (χ4n) is 1.86. The molecule has 1 aromatic heterocycles. The molecular formula is C15H11ClN4O2S. The van der Waals surface area contributed by atoms with Crippen molar-refractivity contribution in [1.82, 2.24) is 14.8 Å². The van der Waals surface area contributed by atoms with Crippen molar-refractivity contribution in [2.75, 3.05) is 0 Å². The third-order valence-corrected chi connectivity index (χ3v) is 4.45. The van der Waals surface area contributed by atoms with Crippen LogP contribution in [0.3, 0.4) is 0 Å². The van der Waals surface area contributed by atoms with Crippen LogP contribution < -0.4 is 4.83 Å². The van der Waals surface area contributed by atoms with Crippen LogP contribution in [0.25, 0.3) is 11.0 Å². The molecule has 0 radical (unpaired) electrons. The fourth-order valence-corrected chi connectivity index (χ4v) is 2.78. The predicted octanol–water partition coefficient (Wildman–Crippen LogP) is 2.60. The number of hydrogen-bond donors (Lipinski definition) is 1. The number of sulfonamides is 1. The Morgan fingerprint density at radius 3 is 2.48 bits per heavy atom. The van der Waals surface area contributed by atoms with E-state index in [2.05, 4.69) is 19.9 Å². The summed E-state index contributed by atoms with van der Waals surface area (Å²) in [5, 5.41) is 4.18. The highest BCUT2D eigenvalue weighted by molar-refractivity contribution is 7.89. The Balaban J connectivity index is 1.78. The highest BCUT2D eigenvalue weighted by Crippen LogP contribution is 2.13. The lowest BCUT2D eigenvalue weighted by Gasteiger charge is -2.03. The molecular weight excluding hydrogens is 336 g/mol. The second-order valence-electron chi connectivity index (χ2n) is 4.59. The molecule has 0 bridgehead atoms. The van der Waals surface area contributed by atoms with E-state index in [0.29, 0.717) is 16.2 Å². The number of rotatable bonds is 4. The summed E-state index contributed by atoms with van der Waals surface area (Å²) >= 11 is 5.73. The van der Waals surface area contributed by atoms with E-state index in [4.69, 9.17) is 11.6 Å². The molecule has 3 rings (SSSR count). The third-order valence-electron chi connectivity index (χ3n) is 2.96. The first-order valence-corrected chi connectivity index (χ1v) is 8.43. The van der Waals surface area contributed by atoms with E-state index in [-0.39, 0.29) is 4.90 Å². The first kappa shape index (κ1) is 15.4. The van der Waals surface area contributed by atoms with Gasteiger partial charge in [-0.1, -0.05) is 23.7 Å². The number of hydrazone groups is 1. The lowest BCUT2D eigenvalue weighted by molar-refractivity contribution is 0.584. The second kappa shape index (κ2) is 6.31. The summed E-state index contributed by atoms with van der Waals surface area (Å²) in [7, 11) is -3.74. The van der Waals surface area contributed by atoms with Crippen molar-refractivity contribution in [3.05, 3.63) is 65.4 Å². The van der Waals surface area contributed by atoms with Crippen LogP contribution in [-0.4, -0.2) is 24.6 Å². The summed E-state index contributed by atoms with van der Waals surface area (Å²) in [4.78, 5) is 10.7. The van der Waals surface area contributed by atoms with E-state index in [1.165, 1.54) is 36.7 Å². The monoisotopic (exact) mass is 346 g/mol. The lowest BCUT2D eigenvalue weighted by atomic mass is 10.3. The molecule has 3 aromatic rings. The number of fused-ring (bicyclic) bond motifs is 1. The molecule has 116 valence electrons. The number of para-hydroxylation sites is 2. The molecule has 2 aromatic carbocycles. The van der Waals surface area contributed by atoms with Crippen LogP contribution >= 0.6 is 11.6 Å². The Hall–Kier alpha value is -2.51. The number of nitrogens with one attached hydrogen (secondary N) is 1. The van der Waals surface area contributed by atoms with Gasteiger partial charge in [-0.3, -0.25) is 4.98 Å². The van der Waals surface area contributed by atoms with E-state index in [1.54, 1.807) is 0 Å². The molecule has 6 nitrogen and oxygen atoms in total. The maximum Gasteiger partial charge on any atom is 0.276 e. The van der Waals surface area contributed by atoms with Crippen LogP contribution in [0.2, 0.25) is 5.02 Å². The molecule has 0 saturated carbocycles. The van der Waals surface area contributed by atoms with Gasteiger partial charge in [-0.2, -0.15) is 13.5 Å². The highest BCUT2D eigenvalue weighted by atomic mass is 35.5. The first-order chi connectivity index (χ1) is 11.0. The molecule has 0 aliphatic rings. The SMILES string of the molecule is O=S(=O)(N/N=C/c1cnc2ccccc2n1)c1ccc(Cl)cc1. The molecule has 8 heteroatoms. The van der Waals surface area contributed by atoms with Crippen LogP contribution in [-0.2, 0) is 10.0 Å². The number of aromatic nitrogens is 2. The van der Waals surface area contributed by atoms with Gasteiger partial charge in [-0.05, 0) is 36.4 Å². The quantitative estimate of drug-likeness (QED) is 0.581. The smallest absolute Gasteiger partial charge is 0.252 e. The maximum atomic E-state index is 12.0.